The number of hydrogen-bond acceptors (Lipinski definition) is 4. The maximum Gasteiger partial charge on any atom is 0.128 e. The second-order valence-electron chi connectivity index (χ2n) is 6.73. The highest BCUT2D eigenvalue weighted by Gasteiger charge is 2.51. The number of benzene rings is 2. The van der Waals surface area contributed by atoms with Crippen LogP contribution in [0.15, 0.2) is 54.6 Å². The zero-order valence-corrected chi connectivity index (χ0v) is 14.0. The van der Waals surface area contributed by atoms with Gasteiger partial charge in [-0.25, -0.2) is 4.39 Å². The maximum atomic E-state index is 14.3. The maximum absolute atomic E-state index is 14.3. The first-order valence-corrected chi connectivity index (χ1v) is 8.65. The highest BCUT2D eigenvalue weighted by atomic mass is 19.1. The van der Waals surface area contributed by atoms with Crippen LogP contribution in [0.3, 0.4) is 0 Å². The standard InChI is InChI=1S/C20H22FNO3/c21-19-9-5-4-8-18(19)20-14-24-17(10-16(20)12-25-22-20)13-23-11-15-6-2-1-3-7-15/h1-9,16-17,22H,10-14H2. The summed E-state index contributed by atoms with van der Waals surface area (Å²) in [4.78, 5) is 5.49. The summed E-state index contributed by atoms with van der Waals surface area (Å²) in [6, 6.07) is 16.9. The van der Waals surface area contributed by atoms with E-state index in [1.165, 1.54) is 6.07 Å². The molecule has 4 nitrogen and oxygen atoms in total. The largest absolute Gasteiger partial charge is 0.374 e. The summed E-state index contributed by atoms with van der Waals surface area (Å²) < 4.78 is 26.1. The quantitative estimate of drug-likeness (QED) is 0.905. The Labute approximate surface area is 146 Å². The molecule has 4 rings (SSSR count). The molecule has 0 spiro atoms. The zero-order valence-electron chi connectivity index (χ0n) is 14.0. The normalized spacial score (nSPS) is 28.7. The van der Waals surface area contributed by atoms with Crippen LogP contribution < -0.4 is 5.48 Å². The number of nitrogens with one attached hydrogen (secondary N) is 1. The Morgan fingerprint density at radius 2 is 1.92 bits per heavy atom. The highest BCUT2D eigenvalue weighted by Crippen LogP contribution is 2.42. The van der Waals surface area contributed by atoms with Crippen molar-refractivity contribution >= 4 is 0 Å². The van der Waals surface area contributed by atoms with Gasteiger partial charge in [-0.2, -0.15) is 5.48 Å². The summed E-state index contributed by atoms with van der Waals surface area (Å²) >= 11 is 0. The molecule has 25 heavy (non-hydrogen) atoms. The van der Waals surface area contributed by atoms with Crippen LogP contribution in [-0.4, -0.2) is 25.9 Å². The summed E-state index contributed by atoms with van der Waals surface area (Å²) in [5.74, 6) is -0.0728. The Kier molecular flexibility index (Phi) is 4.81. The van der Waals surface area contributed by atoms with Crippen molar-refractivity contribution < 1.29 is 18.7 Å². The van der Waals surface area contributed by atoms with E-state index in [4.69, 9.17) is 14.3 Å². The number of hydroxylamine groups is 1. The molecule has 2 aromatic rings. The first-order chi connectivity index (χ1) is 12.3. The van der Waals surface area contributed by atoms with E-state index in [9.17, 15) is 4.39 Å². The molecule has 1 N–H and O–H groups in total. The molecule has 0 radical (unpaired) electrons. The van der Waals surface area contributed by atoms with Crippen LogP contribution in [0.5, 0.6) is 0 Å². The second-order valence-corrected chi connectivity index (χ2v) is 6.73. The predicted molar refractivity (Wildman–Crippen MR) is 91.1 cm³/mol. The minimum atomic E-state index is -0.610. The SMILES string of the molecule is Fc1ccccc1C12COC(COCc3ccccc3)CC1CON2. The Morgan fingerprint density at radius 3 is 2.76 bits per heavy atom. The lowest BCUT2D eigenvalue weighted by molar-refractivity contribution is -0.0996. The molecule has 0 aliphatic carbocycles. The van der Waals surface area contributed by atoms with E-state index in [2.05, 4.69) is 5.48 Å². The van der Waals surface area contributed by atoms with Crippen molar-refractivity contribution in [1.29, 1.82) is 0 Å². The molecular formula is C20H22FNO3. The van der Waals surface area contributed by atoms with Gasteiger partial charge in [0.2, 0.25) is 0 Å². The van der Waals surface area contributed by atoms with Gasteiger partial charge in [-0.15, -0.1) is 0 Å². The number of halogens is 1. The van der Waals surface area contributed by atoms with Crippen molar-refractivity contribution in [2.75, 3.05) is 19.8 Å². The molecule has 0 saturated carbocycles. The van der Waals surface area contributed by atoms with E-state index < -0.39 is 5.54 Å². The van der Waals surface area contributed by atoms with Gasteiger partial charge in [0.25, 0.3) is 0 Å². The first-order valence-electron chi connectivity index (χ1n) is 8.65. The summed E-state index contributed by atoms with van der Waals surface area (Å²) in [6.45, 7) is 2.02. The van der Waals surface area contributed by atoms with Gasteiger partial charge in [-0.05, 0) is 18.1 Å². The van der Waals surface area contributed by atoms with Gasteiger partial charge in [0.05, 0.1) is 38.1 Å². The molecule has 2 saturated heterocycles. The summed E-state index contributed by atoms with van der Waals surface area (Å²) in [7, 11) is 0. The van der Waals surface area contributed by atoms with Crippen molar-refractivity contribution in [3.05, 3.63) is 71.5 Å². The van der Waals surface area contributed by atoms with E-state index in [0.717, 1.165) is 12.0 Å². The van der Waals surface area contributed by atoms with Crippen molar-refractivity contribution in [1.82, 2.24) is 5.48 Å². The lowest BCUT2D eigenvalue weighted by Gasteiger charge is -2.41. The Morgan fingerprint density at radius 1 is 1.12 bits per heavy atom. The molecule has 2 aromatic carbocycles. The molecule has 0 aromatic heterocycles. The predicted octanol–water partition coefficient (Wildman–Crippen LogP) is 3.18. The fourth-order valence-corrected chi connectivity index (χ4v) is 3.72. The van der Waals surface area contributed by atoms with Crippen LogP contribution in [-0.2, 0) is 26.5 Å². The molecule has 3 unspecified atom stereocenters. The van der Waals surface area contributed by atoms with Crippen LogP contribution in [0.25, 0.3) is 0 Å². The van der Waals surface area contributed by atoms with Crippen LogP contribution in [0.1, 0.15) is 17.5 Å². The van der Waals surface area contributed by atoms with Gasteiger partial charge in [0.15, 0.2) is 0 Å². The third-order valence-corrected chi connectivity index (χ3v) is 5.10. The minimum Gasteiger partial charge on any atom is -0.374 e. The number of rotatable bonds is 5. The molecule has 2 aliphatic rings. The zero-order chi connectivity index (χ0) is 17.1. The first kappa shape index (κ1) is 16.7. The third kappa shape index (κ3) is 3.33. The minimum absolute atomic E-state index is 0.00268. The molecule has 0 amide bonds. The molecular weight excluding hydrogens is 321 g/mol. The van der Waals surface area contributed by atoms with Crippen molar-refractivity contribution in [3.8, 4) is 0 Å². The summed E-state index contributed by atoms with van der Waals surface area (Å²) in [6.07, 6.45) is 0.771. The third-order valence-electron chi connectivity index (χ3n) is 5.10. The Hall–Kier alpha value is -1.79. The fraction of sp³-hybridized carbons (Fsp3) is 0.400. The summed E-state index contributed by atoms with van der Waals surface area (Å²) in [5.41, 5.74) is 4.17. The van der Waals surface area contributed by atoms with Crippen LogP contribution >= 0.6 is 0 Å². The van der Waals surface area contributed by atoms with E-state index in [0.29, 0.717) is 32.0 Å². The number of fused-ring (bicyclic) bond motifs is 1. The van der Waals surface area contributed by atoms with Crippen molar-refractivity contribution in [2.45, 2.75) is 24.7 Å². The van der Waals surface area contributed by atoms with Crippen molar-refractivity contribution in [2.24, 2.45) is 5.92 Å². The van der Waals surface area contributed by atoms with E-state index in [-0.39, 0.29) is 17.8 Å². The average molecular weight is 343 g/mol. The molecule has 2 heterocycles. The molecule has 2 fully saturated rings. The van der Waals surface area contributed by atoms with Gasteiger partial charge in [0.1, 0.15) is 5.82 Å². The van der Waals surface area contributed by atoms with Crippen LogP contribution in [0.4, 0.5) is 4.39 Å². The molecule has 132 valence electrons. The Balaban J connectivity index is 1.39. The summed E-state index contributed by atoms with van der Waals surface area (Å²) in [5, 5.41) is 0. The molecule has 2 aliphatic heterocycles. The van der Waals surface area contributed by atoms with Crippen LogP contribution in [0.2, 0.25) is 0 Å². The highest BCUT2D eigenvalue weighted by molar-refractivity contribution is 5.29. The van der Waals surface area contributed by atoms with Gasteiger partial charge in [0, 0.05) is 11.5 Å². The van der Waals surface area contributed by atoms with E-state index in [1.807, 2.05) is 36.4 Å². The van der Waals surface area contributed by atoms with E-state index in [1.54, 1.807) is 12.1 Å². The lowest BCUT2D eigenvalue weighted by Crippen LogP contribution is -2.52. The molecule has 5 heteroatoms. The second kappa shape index (κ2) is 7.22. The monoisotopic (exact) mass is 343 g/mol. The number of hydrogen-bond donors (Lipinski definition) is 1. The molecule has 3 atom stereocenters. The van der Waals surface area contributed by atoms with E-state index >= 15 is 0 Å². The average Bonchev–Trinajstić information content (AvgIpc) is 3.07. The number of ether oxygens (including phenoxy) is 2. The van der Waals surface area contributed by atoms with Crippen LogP contribution in [0, 0.1) is 11.7 Å². The topological polar surface area (TPSA) is 39.7 Å². The fourth-order valence-electron chi connectivity index (χ4n) is 3.72. The van der Waals surface area contributed by atoms with Gasteiger partial charge >= 0.3 is 0 Å². The van der Waals surface area contributed by atoms with Crippen molar-refractivity contribution in [3.63, 3.8) is 0 Å². The van der Waals surface area contributed by atoms with Gasteiger partial charge in [-0.3, -0.25) is 0 Å². The Bertz CT molecular complexity index is 711. The smallest absolute Gasteiger partial charge is 0.128 e. The van der Waals surface area contributed by atoms with Gasteiger partial charge in [-0.1, -0.05) is 48.5 Å². The van der Waals surface area contributed by atoms with Gasteiger partial charge < -0.3 is 14.3 Å². The lowest BCUT2D eigenvalue weighted by atomic mass is 9.75. The molecule has 0 bridgehead atoms.